The van der Waals surface area contributed by atoms with Crippen molar-refractivity contribution in [1.82, 2.24) is 10.2 Å². The van der Waals surface area contributed by atoms with Crippen LogP contribution < -0.4 is 10.3 Å². The lowest BCUT2D eigenvalue weighted by Crippen LogP contribution is -2.17. The number of aromatic amines is 1. The van der Waals surface area contributed by atoms with Gasteiger partial charge in [0.1, 0.15) is 6.10 Å². The molecule has 8 heteroatoms. The van der Waals surface area contributed by atoms with E-state index in [1.54, 1.807) is 25.1 Å². The average Bonchev–Trinajstić information content (AvgIpc) is 2.47. The fourth-order valence-corrected chi connectivity index (χ4v) is 3.27. The molecule has 25 heavy (non-hydrogen) atoms. The fourth-order valence-electron chi connectivity index (χ4n) is 2.43. The Morgan fingerprint density at radius 1 is 1.24 bits per heavy atom. The molecule has 0 aliphatic heterocycles. The Morgan fingerprint density at radius 3 is 2.36 bits per heavy atom. The maximum Gasteiger partial charge on any atom is 0.307 e. The first kappa shape index (κ1) is 19.3. The number of carboxylic acid groups (broad SMARTS) is 1. The van der Waals surface area contributed by atoms with E-state index in [-0.39, 0.29) is 23.8 Å². The minimum Gasteiger partial charge on any atom is -0.481 e. The van der Waals surface area contributed by atoms with Crippen LogP contribution in [0.25, 0.3) is 0 Å². The summed E-state index contributed by atoms with van der Waals surface area (Å²) >= 11 is 12.5. The normalized spacial score (nSPS) is 12.2. The van der Waals surface area contributed by atoms with E-state index in [2.05, 4.69) is 10.2 Å². The van der Waals surface area contributed by atoms with Crippen LogP contribution in [0.1, 0.15) is 49.5 Å². The van der Waals surface area contributed by atoms with Crippen LogP contribution in [0.15, 0.2) is 23.0 Å². The number of carboxylic acids is 1. The zero-order chi connectivity index (χ0) is 18.7. The average molecular weight is 385 g/mol. The van der Waals surface area contributed by atoms with E-state index >= 15 is 0 Å². The number of carbonyl (C=O) groups is 1. The highest BCUT2D eigenvalue weighted by atomic mass is 35.5. The lowest BCUT2D eigenvalue weighted by atomic mass is 10.1. The predicted octanol–water partition coefficient (Wildman–Crippen LogP) is 3.97. The number of hydrogen-bond acceptors (Lipinski definition) is 4. The maximum absolute atomic E-state index is 11.7. The maximum atomic E-state index is 11.7. The summed E-state index contributed by atoms with van der Waals surface area (Å²) in [6, 6.07) is 4.69. The molecule has 0 fully saturated rings. The van der Waals surface area contributed by atoms with Crippen molar-refractivity contribution in [2.24, 2.45) is 0 Å². The van der Waals surface area contributed by atoms with Crippen LogP contribution in [0.5, 0.6) is 5.88 Å². The van der Waals surface area contributed by atoms with Gasteiger partial charge < -0.3 is 9.84 Å². The van der Waals surface area contributed by atoms with Crippen LogP contribution in [-0.4, -0.2) is 21.3 Å². The van der Waals surface area contributed by atoms with Gasteiger partial charge in [-0.05, 0) is 30.5 Å². The number of aromatic nitrogens is 2. The second kappa shape index (κ2) is 7.89. The van der Waals surface area contributed by atoms with E-state index in [0.29, 0.717) is 26.7 Å². The molecule has 0 spiro atoms. The largest absolute Gasteiger partial charge is 0.481 e. The first-order chi connectivity index (χ1) is 11.7. The van der Waals surface area contributed by atoms with E-state index in [0.717, 1.165) is 0 Å². The number of H-pyrrole nitrogens is 1. The van der Waals surface area contributed by atoms with Gasteiger partial charge in [0.15, 0.2) is 0 Å². The number of ether oxygens (including phenoxy) is 1. The standard InChI is InChI=1S/C17H18Cl2N2O4/c1-8(2)11-7-14(20-21-17(11)24)25-9(3)16-12(18)4-10(5-13(16)19)6-15(22)23/h4-5,7-9H,6H2,1-3H3,(H,21,24)(H,22,23)/t9-/m0/s1. The molecular weight excluding hydrogens is 367 g/mol. The molecule has 2 rings (SSSR count). The van der Waals surface area contributed by atoms with Crippen LogP contribution in [0.2, 0.25) is 10.0 Å². The summed E-state index contributed by atoms with van der Waals surface area (Å²) in [5.74, 6) is -0.702. The Bertz CT molecular complexity index is 826. The second-order valence-corrected chi connectivity index (χ2v) is 6.76. The van der Waals surface area contributed by atoms with Crippen LogP contribution >= 0.6 is 23.2 Å². The summed E-state index contributed by atoms with van der Waals surface area (Å²) in [6.07, 6.45) is -0.717. The highest BCUT2D eigenvalue weighted by Crippen LogP contribution is 2.34. The van der Waals surface area contributed by atoms with Gasteiger partial charge in [-0.25, -0.2) is 5.10 Å². The molecule has 0 aliphatic rings. The molecule has 0 saturated carbocycles. The van der Waals surface area contributed by atoms with E-state index < -0.39 is 12.1 Å². The Labute approximate surface area is 154 Å². The van der Waals surface area contributed by atoms with Gasteiger partial charge in [-0.3, -0.25) is 9.59 Å². The zero-order valence-electron chi connectivity index (χ0n) is 14.0. The lowest BCUT2D eigenvalue weighted by molar-refractivity contribution is -0.136. The van der Waals surface area contributed by atoms with Gasteiger partial charge >= 0.3 is 5.97 Å². The summed E-state index contributed by atoms with van der Waals surface area (Å²) in [5, 5.41) is 15.8. The first-order valence-electron chi connectivity index (χ1n) is 7.65. The molecule has 1 aromatic carbocycles. The van der Waals surface area contributed by atoms with Crippen molar-refractivity contribution in [3.63, 3.8) is 0 Å². The molecule has 0 bridgehead atoms. The number of aliphatic carboxylic acids is 1. The smallest absolute Gasteiger partial charge is 0.307 e. The van der Waals surface area contributed by atoms with Crippen molar-refractivity contribution in [3.8, 4) is 5.88 Å². The highest BCUT2D eigenvalue weighted by Gasteiger charge is 2.19. The molecule has 0 unspecified atom stereocenters. The SMILES string of the molecule is CC(C)c1cc(O[C@@H](C)c2c(Cl)cc(CC(=O)O)cc2Cl)n[nH]c1=O. The molecule has 2 N–H and O–H groups in total. The van der Waals surface area contributed by atoms with Crippen LogP contribution in [0, 0.1) is 0 Å². The van der Waals surface area contributed by atoms with Gasteiger partial charge in [0.25, 0.3) is 5.56 Å². The van der Waals surface area contributed by atoms with Crippen molar-refractivity contribution in [2.75, 3.05) is 0 Å². The molecule has 0 saturated heterocycles. The van der Waals surface area contributed by atoms with Crippen molar-refractivity contribution < 1.29 is 14.6 Å². The first-order valence-corrected chi connectivity index (χ1v) is 8.40. The summed E-state index contributed by atoms with van der Waals surface area (Å²) < 4.78 is 5.76. The Balaban J connectivity index is 2.29. The zero-order valence-corrected chi connectivity index (χ0v) is 15.5. The summed E-state index contributed by atoms with van der Waals surface area (Å²) in [5.41, 5.74) is 1.33. The van der Waals surface area contributed by atoms with Crippen molar-refractivity contribution in [3.05, 3.63) is 55.3 Å². The monoisotopic (exact) mass is 384 g/mol. The lowest BCUT2D eigenvalue weighted by Gasteiger charge is -2.18. The number of nitrogens with one attached hydrogen (secondary N) is 1. The quantitative estimate of drug-likeness (QED) is 0.785. The molecule has 1 aromatic heterocycles. The molecule has 1 heterocycles. The molecule has 0 aliphatic carbocycles. The van der Waals surface area contributed by atoms with Gasteiger partial charge in [-0.2, -0.15) is 0 Å². The number of halogens is 2. The topological polar surface area (TPSA) is 92.3 Å². The minimum absolute atomic E-state index is 0.0203. The van der Waals surface area contributed by atoms with E-state index in [9.17, 15) is 9.59 Å². The van der Waals surface area contributed by atoms with Crippen LogP contribution in [0.3, 0.4) is 0 Å². The third-order valence-corrected chi connectivity index (χ3v) is 4.25. The minimum atomic E-state index is -0.970. The Morgan fingerprint density at radius 2 is 1.84 bits per heavy atom. The molecule has 6 nitrogen and oxygen atoms in total. The van der Waals surface area contributed by atoms with Gasteiger partial charge in [0.05, 0.1) is 6.42 Å². The van der Waals surface area contributed by atoms with Gasteiger partial charge in [0.2, 0.25) is 5.88 Å². The third kappa shape index (κ3) is 4.74. The molecule has 1 atom stereocenters. The molecular formula is C17H18Cl2N2O4. The Kier molecular flexibility index (Phi) is 6.08. The summed E-state index contributed by atoms with van der Waals surface area (Å²) in [6.45, 7) is 5.53. The number of benzene rings is 1. The molecule has 0 amide bonds. The summed E-state index contributed by atoms with van der Waals surface area (Å²) in [4.78, 5) is 22.6. The molecule has 134 valence electrons. The van der Waals surface area contributed by atoms with E-state index in [4.69, 9.17) is 33.0 Å². The van der Waals surface area contributed by atoms with E-state index in [1.807, 2.05) is 13.8 Å². The number of rotatable bonds is 6. The van der Waals surface area contributed by atoms with Crippen molar-refractivity contribution in [2.45, 2.75) is 39.2 Å². The predicted molar refractivity (Wildman–Crippen MR) is 95.8 cm³/mol. The van der Waals surface area contributed by atoms with E-state index in [1.165, 1.54) is 0 Å². The van der Waals surface area contributed by atoms with Crippen LogP contribution in [-0.2, 0) is 11.2 Å². The number of hydrogen-bond donors (Lipinski definition) is 2. The van der Waals surface area contributed by atoms with Crippen LogP contribution in [0.4, 0.5) is 0 Å². The van der Waals surface area contributed by atoms with Gasteiger partial charge in [-0.15, -0.1) is 5.10 Å². The molecule has 2 aromatic rings. The fraction of sp³-hybridized carbons (Fsp3) is 0.353. The second-order valence-electron chi connectivity index (χ2n) is 5.95. The third-order valence-electron chi connectivity index (χ3n) is 3.63. The number of nitrogens with zero attached hydrogens (tertiary/aromatic N) is 1. The van der Waals surface area contributed by atoms with Crippen molar-refractivity contribution in [1.29, 1.82) is 0 Å². The highest BCUT2D eigenvalue weighted by molar-refractivity contribution is 6.36. The van der Waals surface area contributed by atoms with Gasteiger partial charge in [0, 0.05) is 27.2 Å². The van der Waals surface area contributed by atoms with Gasteiger partial charge in [-0.1, -0.05) is 37.0 Å². The van der Waals surface area contributed by atoms with Crippen molar-refractivity contribution >= 4 is 29.2 Å². The molecule has 0 radical (unpaired) electrons. The Hall–Kier alpha value is -2.05. The summed E-state index contributed by atoms with van der Waals surface area (Å²) in [7, 11) is 0.